The first-order chi connectivity index (χ1) is 9.88. The Labute approximate surface area is 126 Å². The smallest absolute Gasteiger partial charge is 0.321 e. The maximum atomic E-state index is 12.9. The lowest BCUT2D eigenvalue weighted by atomic mass is 10.0. The summed E-state index contributed by atoms with van der Waals surface area (Å²) in [5, 5.41) is 11.9. The zero-order valence-electron chi connectivity index (χ0n) is 11.5. The fourth-order valence-corrected chi connectivity index (χ4v) is 2.78. The summed E-state index contributed by atoms with van der Waals surface area (Å²) in [7, 11) is 0. The highest BCUT2D eigenvalue weighted by Crippen LogP contribution is 2.25. The van der Waals surface area contributed by atoms with Gasteiger partial charge in [-0.3, -0.25) is 14.5 Å². The number of rotatable bonds is 4. The molecule has 5 nitrogen and oxygen atoms in total. The number of carbonyl (C=O) groups is 2. The molecule has 7 heteroatoms. The van der Waals surface area contributed by atoms with Crippen LogP contribution in [-0.2, 0) is 9.59 Å². The van der Waals surface area contributed by atoms with Gasteiger partial charge in [0.15, 0.2) is 0 Å². The Morgan fingerprint density at radius 2 is 2.24 bits per heavy atom. The minimum absolute atomic E-state index is 0.00436. The van der Waals surface area contributed by atoms with Crippen LogP contribution in [0.25, 0.3) is 0 Å². The maximum Gasteiger partial charge on any atom is 0.321 e. The van der Waals surface area contributed by atoms with Gasteiger partial charge in [0.25, 0.3) is 0 Å². The Morgan fingerprint density at radius 3 is 2.86 bits per heavy atom. The zero-order valence-corrected chi connectivity index (χ0v) is 12.2. The van der Waals surface area contributed by atoms with E-state index in [0.717, 1.165) is 12.5 Å². The van der Waals surface area contributed by atoms with Crippen LogP contribution >= 0.6 is 11.6 Å². The number of halogens is 2. The Bertz CT molecular complexity index is 567. The van der Waals surface area contributed by atoms with Crippen LogP contribution in [0, 0.1) is 11.7 Å². The van der Waals surface area contributed by atoms with Gasteiger partial charge in [0.1, 0.15) is 11.9 Å². The van der Waals surface area contributed by atoms with E-state index in [9.17, 15) is 19.1 Å². The topological polar surface area (TPSA) is 69.6 Å². The van der Waals surface area contributed by atoms with Gasteiger partial charge in [-0.1, -0.05) is 18.5 Å². The monoisotopic (exact) mass is 314 g/mol. The van der Waals surface area contributed by atoms with Crippen molar-refractivity contribution in [3.8, 4) is 0 Å². The van der Waals surface area contributed by atoms with Gasteiger partial charge in [0, 0.05) is 0 Å². The first-order valence-electron chi connectivity index (χ1n) is 6.60. The van der Waals surface area contributed by atoms with Crippen molar-refractivity contribution in [3.05, 3.63) is 29.0 Å². The van der Waals surface area contributed by atoms with E-state index >= 15 is 0 Å². The average molecular weight is 315 g/mol. The molecule has 1 amide bonds. The number of hydrogen-bond acceptors (Lipinski definition) is 3. The minimum atomic E-state index is -0.924. The number of nitrogens with zero attached hydrogens (tertiary/aromatic N) is 1. The fraction of sp³-hybridized carbons (Fsp3) is 0.429. The van der Waals surface area contributed by atoms with Crippen LogP contribution in [-0.4, -0.2) is 41.0 Å². The molecule has 1 saturated heterocycles. The third-order valence-corrected chi connectivity index (χ3v) is 3.92. The molecule has 0 radical (unpaired) electrons. The van der Waals surface area contributed by atoms with Crippen LogP contribution in [0.4, 0.5) is 10.1 Å². The van der Waals surface area contributed by atoms with E-state index in [-0.39, 0.29) is 23.4 Å². The molecule has 0 saturated carbocycles. The van der Waals surface area contributed by atoms with Crippen LogP contribution in [0.1, 0.15) is 13.3 Å². The number of aliphatic carboxylic acids is 1. The van der Waals surface area contributed by atoms with Crippen LogP contribution < -0.4 is 5.32 Å². The molecular formula is C14H16ClFN2O3. The Kier molecular flexibility index (Phi) is 4.80. The molecule has 2 atom stereocenters. The molecule has 1 heterocycles. The number of carbonyl (C=O) groups excluding carboxylic acids is 1. The van der Waals surface area contributed by atoms with E-state index in [0.29, 0.717) is 12.2 Å². The van der Waals surface area contributed by atoms with Crippen LogP contribution in [0.2, 0.25) is 5.02 Å². The van der Waals surface area contributed by atoms with Gasteiger partial charge in [-0.25, -0.2) is 4.39 Å². The molecule has 2 N–H and O–H groups in total. The summed E-state index contributed by atoms with van der Waals surface area (Å²) in [6, 6.07) is 3.02. The number of carboxylic acids is 1. The molecule has 1 aromatic rings. The molecule has 2 unspecified atom stereocenters. The number of amides is 1. The quantitative estimate of drug-likeness (QED) is 0.894. The molecular weight excluding hydrogens is 299 g/mol. The van der Waals surface area contributed by atoms with Gasteiger partial charge < -0.3 is 10.4 Å². The lowest BCUT2D eigenvalue weighted by Crippen LogP contribution is -2.43. The van der Waals surface area contributed by atoms with E-state index in [1.165, 1.54) is 12.1 Å². The van der Waals surface area contributed by atoms with Crippen LogP contribution in [0.5, 0.6) is 0 Å². The summed E-state index contributed by atoms with van der Waals surface area (Å²) in [6.07, 6.45) is 0.738. The van der Waals surface area contributed by atoms with Crippen molar-refractivity contribution in [2.45, 2.75) is 19.4 Å². The van der Waals surface area contributed by atoms with Gasteiger partial charge >= 0.3 is 5.97 Å². The molecule has 1 aliphatic rings. The first-order valence-corrected chi connectivity index (χ1v) is 6.98. The highest BCUT2D eigenvalue weighted by Gasteiger charge is 2.37. The standard InChI is InChI=1S/C14H16ClFN2O3/c1-8-4-5-18(13(8)14(20)21)7-12(19)17-11-3-2-9(16)6-10(11)15/h2-3,6,8,13H,4-5,7H2,1H3,(H,17,19)(H,20,21). The third-order valence-electron chi connectivity index (χ3n) is 3.61. The second-order valence-electron chi connectivity index (χ2n) is 5.19. The van der Waals surface area contributed by atoms with Gasteiger partial charge in [-0.15, -0.1) is 0 Å². The van der Waals surface area contributed by atoms with E-state index in [1.54, 1.807) is 4.90 Å². The zero-order chi connectivity index (χ0) is 15.6. The molecule has 1 aliphatic heterocycles. The molecule has 1 aromatic carbocycles. The lowest BCUT2D eigenvalue weighted by Gasteiger charge is -2.22. The maximum absolute atomic E-state index is 12.9. The van der Waals surface area contributed by atoms with Crippen molar-refractivity contribution in [2.24, 2.45) is 5.92 Å². The molecule has 21 heavy (non-hydrogen) atoms. The molecule has 0 aromatic heterocycles. The van der Waals surface area contributed by atoms with Crippen molar-refractivity contribution in [2.75, 3.05) is 18.4 Å². The molecule has 0 bridgehead atoms. The molecule has 2 rings (SSSR count). The van der Waals surface area contributed by atoms with Gasteiger partial charge in [-0.2, -0.15) is 0 Å². The number of nitrogens with one attached hydrogen (secondary N) is 1. The minimum Gasteiger partial charge on any atom is -0.480 e. The summed E-state index contributed by atoms with van der Waals surface area (Å²) in [4.78, 5) is 24.8. The summed E-state index contributed by atoms with van der Waals surface area (Å²) in [6.45, 7) is 2.38. The number of likely N-dealkylation sites (tertiary alicyclic amines) is 1. The predicted octanol–water partition coefficient (Wildman–Crippen LogP) is 2.21. The predicted molar refractivity (Wildman–Crippen MR) is 76.8 cm³/mol. The Balaban J connectivity index is 2.00. The highest BCUT2D eigenvalue weighted by molar-refractivity contribution is 6.33. The van der Waals surface area contributed by atoms with Crippen molar-refractivity contribution in [3.63, 3.8) is 0 Å². The molecule has 114 valence electrons. The molecule has 0 spiro atoms. The largest absolute Gasteiger partial charge is 0.480 e. The number of hydrogen-bond donors (Lipinski definition) is 2. The SMILES string of the molecule is CC1CCN(CC(=O)Nc2ccc(F)cc2Cl)C1C(=O)O. The van der Waals surface area contributed by atoms with Crippen molar-refractivity contribution in [1.82, 2.24) is 4.90 Å². The first kappa shape index (κ1) is 15.7. The Hall–Kier alpha value is -1.66. The average Bonchev–Trinajstić information content (AvgIpc) is 2.74. The van der Waals surface area contributed by atoms with E-state index in [2.05, 4.69) is 5.32 Å². The summed E-state index contributed by atoms with van der Waals surface area (Å²) in [5.74, 6) is -1.78. The van der Waals surface area contributed by atoms with Crippen LogP contribution in [0.15, 0.2) is 18.2 Å². The van der Waals surface area contributed by atoms with Gasteiger partial charge in [0.2, 0.25) is 5.91 Å². The lowest BCUT2D eigenvalue weighted by molar-refractivity contribution is -0.143. The molecule has 1 fully saturated rings. The van der Waals surface area contributed by atoms with E-state index in [1.807, 2.05) is 6.92 Å². The molecule has 0 aliphatic carbocycles. The highest BCUT2D eigenvalue weighted by atomic mass is 35.5. The number of benzene rings is 1. The van der Waals surface area contributed by atoms with E-state index < -0.39 is 17.8 Å². The third kappa shape index (κ3) is 3.71. The number of anilines is 1. The summed E-state index contributed by atoms with van der Waals surface area (Å²) in [5.41, 5.74) is 0.308. The second kappa shape index (κ2) is 6.41. The van der Waals surface area contributed by atoms with Crippen LogP contribution in [0.3, 0.4) is 0 Å². The van der Waals surface area contributed by atoms with Crippen molar-refractivity contribution in [1.29, 1.82) is 0 Å². The fourth-order valence-electron chi connectivity index (χ4n) is 2.57. The van der Waals surface area contributed by atoms with Crippen molar-refractivity contribution >= 4 is 29.2 Å². The normalized spacial score (nSPS) is 22.2. The van der Waals surface area contributed by atoms with Gasteiger partial charge in [0.05, 0.1) is 17.3 Å². The summed E-state index contributed by atoms with van der Waals surface area (Å²) >= 11 is 5.83. The number of carboxylic acid groups (broad SMARTS) is 1. The van der Waals surface area contributed by atoms with Crippen molar-refractivity contribution < 1.29 is 19.1 Å². The summed E-state index contributed by atoms with van der Waals surface area (Å²) < 4.78 is 12.9. The van der Waals surface area contributed by atoms with Gasteiger partial charge in [-0.05, 0) is 37.1 Å². The second-order valence-corrected chi connectivity index (χ2v) is 5.60. The Morgan fingerprint density at radius 1 is 1.52 bits per heavy atom. The van der Waals surface area contributed by atoms with E-state index in [4.69, 9.17) is 11.6 Å².